The summed E-state index contributed by atoms with van der Waals surface area (Å²) in [7, 11) is 1.99. The summed E-state index contributed by atoms with van der Waals surface area (Å²) >= 11 is 0. The number of imidazole rings is 1. The Labute approximate surface area is 161 Å². The van der Waals surface area contributed by atoms with Crippen LogP contribution in [-0.2, 0) is 20.0 Å². The monoisotopic (exact) mass is 377 g/mol. The van der Waals surface area contributed by atoms with E-state index in [1.807, 2.05) is 31.6 Å². The van der Waals surface area contributed by atoms with E-state index in [4.69, 9.17) is 0 Å². The first-order valence-electron chi connectivity index (χ1n) is 9.26. The first-order chi connectivity index (χ1) is 13.5. The number of fused-ring (bicyclic) bond motifs is 2. The summed E-state index contributed by atoms with van der Waals surface area (Å²) in [4.78, 5) is 11.4. The number of benzene rings is 1. The van der Waals surface area contributed by atoms with Crippen LogP contribution in [0.3, 0.4) is 0 Å². The summed E-state index contributed by atoms with van der Waals surface area (Å²) in [6.45, 7) is 5.42. The molecular formula is C20H20FN7. The molecule has 0 fully saturated rings. The van der Waals surface area contributed by atoms with E-state index in [1.165, 1.54) is 23.7 Å². The van der Waals surface area contributed by atoms with Crippen molar-refractivity contribution in [2.45, 2.75) is 26.8 Å². The molecule has 1 aromatic carbocycles. The summed E-state index contributed by atoms with van der Waals surface area (Å²) in [5.41, 5.74) is 5.28. The number of anilines is 1. The molecule has 7 nitrogen and oxygen atoms in total. The standard InChI is InChI=1S/C20H20FN7/c1-12-15-10-27(9-8-17(15)26(3)25-12)20-19-18(14-6-4-5-7-16(14)21)24-13(2)28(19)23-11-22-20/h4-7,11H,8-10H2,1-3H3. The number of aromatic nitrogens is 6. The normalized spacial score (nSPS) is 13.9. The Morgan fingerprint density at radius 2 is 1.96 bits per heavy atom. The van der Waals surface area contributed by atoms with Gasteiger partial charge in [-0.2, -0.15) is 10.2 Å². The molecule has 3 aromatic heterocycles. The molecule has 0 unspecified atom stereocenters. The molecule has 0 radical (unpaired) electrons. The predicted molar refractivity (Wildman–Crippen MR) is 104 cm³/mol. The summed E-state index contributed by atoms with van der Waals surface area (Å²) in [6.07, 6.45) is 2.42. The number of nitrogens with zero attached hydrogens (tertiary/aromatic N) is 7. The zero-order valence-corrected chi connectivity index (χ0v) is 16.0. The molecule has 1 aliphatic rings. The van der Waals surface area contributed by atoms with Gasteiger partial charge in [-0.25, -0.2) is 18.9 Å². The first-order valence-corrected chi connectivity index (χ1v) is 9.26. The first kappa shape index (κ1) is 16.9. The minimum atomic E-state index is -0.304. The Kier molecular flexibility index (Phi) is 3.68. The number of hydrogen-bond donors (Lipinski definition) is 0. The Hall–Kier alpha value is -3.29. The van der Waals surface area contributed by atoms with Crippen LogP contribution in [-0.4, -0.2) is 35.9 Å². The highest BCUT2D eigenvalue weighted by Gasteiger charge is 2.27. The molecule has 0 bridgehead atoms. The molecule has 0 N–H and O–H groups in total. The number of aryl methyl sites for hydroxylation is 3. The van der Waals surface area contributed by atoms with Gasteiger partial charge in [-0.1, -0.05) is 12.1 Å². The Morgan fingerprint density at radius 3 is 2.79 bits per heavy atom. The SMILES string of the molecule is Cc1nn(C)c2c1CN(c1ncnn3c(C)nc(-c4ccccc4F)c13)CC2. The summed E-state index contributed by atoms with van der Waals surface area (Å²) in [5.74, 6) is 1.16. The fourth-order valence-electron chi connectivity index (χ4n) is 4.09. The van der Waals surface area contributed by atoms with E-state index >= 15 is 0 Å². The number of hydrogen-bond acceptors (Lipinski definition) is 5. The molecule has 0 saturated carbocycles. The molecule has 142 valence electrons. The molecule has 0 spiro atoms. The van der Waals surface area contributed by atoms with Crippen molar-refractivity contribution in [1.82, 2.24) is 29.4 Å². The Balaban J connectivity index is 1.69. The maximum atomic E-state index is 14.5. The van der Waals surface area contributed by atoms with Crippen LogP contribution in [0.15, 0.2) is 30.6 Å². The topological polar surface area (TPSA) is 64.1 Å². The average Bonchev–Trinajstić information content (AvgIpc) is 3.18. The maximum absolute atomic E-state index is 14.5. The highest BCUT2D eigenvalue weighted by atomic mass is 19.1. The summed E-state index contributed by atoms with van der Waals surface area (Å²) in [6, 6.07) is 6.69. The predicted octanol–water partition coefficient (Wildman–Crippen LogP) is 2.84. The van der Waals surface area contributed by atoms with E-state index in [0.29, 0.717) is 23.6 Å². The largest absolute Gasteiger partial charge is 0.350 e. The van der Waals surface area contributed by atoms with Crippen molar-refractivity contribution < 1.29 is 4.39 Å². The van der Waals surface area contributed by atoms with Crippen molar-refractivity contribution >= 4 is 11.3 Å². The molecular weight excluding hydrogens is 357 g/mol. The minimum Gasteiger partial charge on any atom is -0.350 e. The Morgan fingerprint density at radius 1 is 1.14 bits per heavy atom. The average molecular weight is 377 g/mol. The zero-order valence-electron chi connectivity index (χ0n) is 16.0. The van der Waals surface area contributed by atoms with Crippen molar-refractivity contribution in [3.05, 3.63) is 59.2 Å². The van der Waals surface area contributed by atoms with Gasteiger partial charge in [-0.05, 0) is 26.0 Å². The lowest BCUT2D eigenvalue weighted by Crippen LogP contribution is -2.32. The van der Waals surface area contributed by atoms with E-state index < -0.39 is 0 Å². The van der Waals surface area contributed by atoms with Crippen LogP contribution in [0.25, 0.3) is 16.8 Å². The van der Waals surface area contributed by atoms with Crippen molar-refractivity contribution in [3.8, 4) is 11.3 Å². The lowest BCUT2D eigenvalue weighted by atomic mass is 10.1. The fraction of sp³-hybridized carbons (Fsp3) is 0.300. The van der Waals surface area contributed by atoms with Gasteiger partial charge >= 0.3 is 0 Å². The quantitative estimate of drug-likeness (QED) is 0.538. The molecule has 1 aliphatic heterocycles. The second-order valence-corrected chi connectivity index (χ2v) is 7.14. The van der Waals surface area contributed by atoms with Gasteiger partial charge in [-0.3, -0.25) is 4.68 Å². The lowest BCUT2D eigenvalue weighted by Gasteiger charge is -2.29. The van der Waals surface area contributed by atoms with Gasteiger partial charge < -0.3 is 4.90 Å². The molecule has 5 rings (SSSR count). The maximum Gasteiger partial charge on any atom is 0.159 e. The molecule has 4 heterocycles. The molecule has 4 aromatic rings. The van der Waals surface area contributed by atoms with Crippen LogP contribution in [0, 0.1) is 19.7 Å². The van der Waals surface area contributed by atoms with Gasteiger partial charge in [-0.15, -0.1) is 0 Å². The zero-order chi connectivity index (χ0) is 19.4. The van der Waals surface area contributed by atoms with Gasteiger partial charge in [0.2, 0.25) is 0 Å². The second kappa shape index (κ2) is 6.12. The summed E-state index contributed by atoms with van der Waals surface area (Å²) < 4.78 is 18.2. The lowest BCUT2D eigenvalue weighted by molar-refractivity contribution is 0.631. The number of halogens is 1. The van der Waals surface area contributed by atoms with E-state index in [-0.39, 0.29) is 5.82 Å². The van der Waals surface area contributed by atoms with Gasteiger partial charge in [0, 0.05) is 43.4 Å². The molecule has 0 saturated heterocycles. The van der Waals surface area contributed by atoms with Gasteiger partial charge in [0.15, 0.2) is 5.82 Å². The highest BCUT2D eigenvalue weighted by Crippen LogP contribution is 2.34. The second-order valence-electron chi connectivity index (χ2n) is 7.14. The highest BCUT2D eigenvalue weighted by molar-refractivity contribution is 5.86. The summed E-state index contributed by atoms with van der Waals surface area (Å²) in [5, 5.41) is 8.91. The van der Waals surface area contributed by atoms with Crippen LogP contribution in [0.4, 0.5) is 10.2 Å². The fourth-order valence-corrected chi connectivity index (χ4v) is 4.09. The van der Waals surface area contributed by atoms with E-state index in [0.717, 1.165) is 30.0 Å². The third kappa shape index (κ3) is 2.41. The third-order valence-electron chi connectivity index (χ3n) is 5.45. The van der Waals surface area contributed by atoms with Gasteiger partial charge in [0.1, 0.15) is 29.2 Å². The van der Waals surface area contributed by atoms with Gasteiger partial charge in [0.25, 0.3) is 0 Å². The van der Waals surface area contributed by atoms with Crippen LogP contribution in [0.1, 0.15) is 22.8 Å². The van der Waals surface area contributed by atoms with Crippen LogP contribution in [0.2, 0.25) is 0 Å². The van der Waals surface area contributed by atoms with Crippen LogP contribution in [0.5, 0.6) is 0 Å². The van der Waals surface area contributed by atoms with Crippen molar-refractivity contribution in [2.75, 3.05) is 11.4 Å². The van der Waals surface area contributed by atoms with Crippen molar-refractivity contribution in [3.63, 3.8) is 0 Å². The minimum absolute atomic E-state index is 0.304. The van der Waals surface area contributed by atoms with E-state index in [9.17, 15) is 4.39 Å². The van der Waals surface area contributed by atoms with Crippen molar-refractivity contribution in [2.24, 2.45) is 7.05 Å². The van der Waals surface area contributed by atoms with E-state index in [1.54, 1.807) is 16.6 Å². The smallest absolute Gasteiger partial charge is 0.159 e. The Bertz CT molecular complexity index is 1210. The van der Waals surface area contributed by atoms with Crippen LogP contribution < -0.4 is 4.90 Å². The van der Waals surface area contributed by atoms with Crippen LogP contribution >= 0.6 is 0 Å². The molecule has 0 atom stereocenters. The molecule has 0 amide bonds. The molecule has 28 heavy (non-hydrogen) atoms. The van der Waals surface area contributed by atoms with Crippen molar-refractivity contribution in [1.29, 1.82) is 0 Å². The molecule has 8 heteroatoms. The third-order valence-corrected chi connectivity index (χ3v) is 5.45. The number of rotatable bonds is 2. The van der Waals surface area contributed by atoms with E-state index in [2.05, 4.69) is 25.1 Å². The van der Waals surface area contributed by atoms with Gasteiger partial charge in [0.05, 0.1) is 5.69 Å². The molecule has 0 aliphatic carbocycles.